The van der Waals surface area contributed by atoms with Crippen molar-refractivity contribution in [3.63, 3.8) is 0 Å². The second-order valence-electron chi connectivity index (χ2n) is 9.08. The number of aromatic nitrogens is 1. The van der Waals surface area contributed by atoms with Gasteiger partial charge in [-0.25, -0.2) is 0 Å². The number of hydrogen-bond donors (Lipinski definition) is 0. The molecule has 3 aromatic carbocycles. The Balaban J connectivity index is 1.47. The Morgan fingerprint density at radius 2 is 1.53 bits per heavy atom. The van der Waals surface area contributed by atoms with Gasteiger partial charge >= 0.3 is 11.9 Å². The predicted octanol–water partition coefficient (Wildman–Crippen LogP) is 7.48. The number of halogens is 1. The molecule has 0 aliphatic carbocycles. The molecule has 0 saturated carbocycles. The molecule has 2 unspecified atom stereocenters. The van der Waals surface area contributed by atoms with Crippen molar-refractivity contribution in [2.75, 3.05) is 6.61 Å². The molecular weight excluding hydrogens is 502 g/mol. The summed E-state index contributed by atoms with van der Waals surface area (Å²) >= 11 is 6.24. The summed E-state index contributed by atoms with van der Waals surface area (Å²) < 4.78 is 16.4. The van der Waals surface area contributed by atoms with Gasteiger partial charge in [-0.3, -0.25) is 9.59 Å². The van der Waals surface area contributed by atoms with Crippen LogP contribution in [0.5, 0.6) is 0 Å². The van der Waals surface area contributed by atoms with E-state index in [0.717, 1.165) is 27.8 Å². The quantitative estimate of drug-likeness (QED) is 0.208. The number of aryl methyl sites for hydroxylation is 1. The summed E-state index contributed by atoms with van der Waals surface area (Å²) in [6, 6.07) is 23.0. The Labute approximate surface area is 227 Å². The second kappa shape index (κ2) is 12.1. The third kappa shape index (κ3) is 6.14. The highest BCUT2D eigenvalue weighted by molar-refractivity contribution is 6.31. The van der Waals surface area contributed by atoms with Gasteiger partial charge in [0.15, 0.2) is 5.76 Å². The van der Waals surface area contributed by atoms with Gasteiger partial charge in [-0.2, -0.15) is 0 Å². The third-order valence-electron chi connectivity index (χ3n) is 6.49. The lowest BCUT2D eigenvalue weighted by molar-refractivity contribution is -0.148. The Kier molecular flexibility index (Phi) is 8.64. The van der Waals surface area contributed by atoms with Crippen LogP contribution in [0.2, 0.25) is 5.02 Å². The fraction of sp³-hybridized carbons (Fsp3) is 0.258. The lowest BCUT2D eigenvalue weighted by atomic mass is 9.96. The minimum absolute atomic E-state index is 0.0291. The molecule has 4 aromatic rings. The summed E-state index contributed by atoms with van der Waals surface area (Å²) in [6.07, 6.45) is -0.452. The van der Waals surface area contributed by atoms with Crippen LogP contribution in [0.15, 0.2) is 77.3 Å². The van der Waals surface area contributed by atoms with Gasteiger partial charge in [0.2, 0.25) is 0 Å². The van der Waals surface area contributed by atoms with E-state index in [-0.39, 0.29) is 18.3 Å². The summed E-state index contributed by atoms with van der Waals surface area (Å²) in [6.45, 7) is 7.60. The van der Waals surface area contributed by atoms with Gasteiger partial charge < -0.3 is 14.0 Å². The molecule has 0 saturated heterocycles. The van der Waals surface area contributed by atoms with Gasteiger partial charge in [-0.05, 0) is 50.5 Å². The summed E-state index contributed by atoms with van der Waals surface area (Å²) in [5.74, 6) is -0.405. The zero-order valence-corrected chi connectivity index (χ0v) is 22.6. The standard InChI is InChI=1S/C31H30ClNO5/c1-5-36-31(35)19(2)22-10-12-23(13-11-22)24-14-16-25(17-15-24)30-27(20(3)33-38-30)18-29(34)37-21(4)26-8-6-7-9-28(26)32/h6-17,19,21H,5,18H2,1-4H3. The van der Waals surface area contributed by atoms with Crippen molar-refractivity contribution in [3.8, 4) is 22.5 Å². The van der Waals surface area contributed by atoms with Crippen LogP contribution in [0.1, 0.15) is 55.2 Å². The van der Waals surface area contributed by atoms with Crippen molar-refractivity contribution < 1.29 is 23.6 Å². The molecule has 0 radical (unpaired) electrons. The fourth-order valence-electron chi connectivity index (χ4n) is 4.26. The van der Waals surface area contributed by atoms with E-state index in [4.69, 9.17) is 25.6 Å². The van der Waals surface area contributed by atoms with Crippen LogP contribution in [0.3, 0.4) is 0 Å². The highest BCUT2D eigenvalue weighted by atomic mass is 35.5. The van der Waals surface area contributed by atoms with Crippen LogP contribution in [0.25, 0.3) is 22.5 Å². The number of carbonyl (C=O) groups is 2. The van der Waals surface area contributed by atoms with E-state index in [1.165, 1.54) is 0 Å². The molecule has 7 heteroatoms. The van der Waals surface area contributed by atoms with E-state index in [1.807, 2.05) is 73.7 Å². The highest BCUT2D eigenvalue weighted by Gasteiger charge is 2.21. The Hall–Kier alpha value is -3.90. The summed E-state index contributed by atoms with van der Waals surface area (Å²) in [5, 5.41) is 4.64. The molecule has 38 heavy (non-hydrogen) atoms. The van der Waals surface area contributed by atoms with Crippen molar-refractivity contribution in [2.45, 2.75) is 46.1 Å². The average Bonchev–Trinajstić information content (AvgIpc) is 3.28. The van der Waals surface area contributed by atoms with E-state index in [1.54, 1.807) is 26.8 Å². The van der Waals surface area contributed by atoms with Crippen LogP contribution in [0.4, 0.5) is 0 Å². The van der Waals surface area contributed by atoms with E-state index >= 15 is 0 Å². The van der Waals surface area contributed by atoms with Crippen LogP contribution in [0, 0.1) is 6.92 Å². The molecule has 0 amide bonds. The molecule has 0 fully saturated rings. The minimum atomic E-state index is -0.481. The fourth-order valence-corrected chi connectivity index (χ4v) is 4.55. The summed E-state index contributed by atoms with van der Waals surface area (Å²) in [7, 11) is 0. The van der Waals surface area contributed by atoms with Crippen molar-refractivity contribution in [3.05, 3.63) is 100 Å². The first kappa shape index (κ1) is 27.1. The van der Waals surface area contributed by atoms with Gasteiger partial charge in [0.05, 0.1) is 24.6 Å². The van der Waals surface area contributed by atoms with E-state index in [0.29, 0.717) is 28.6 Å². The minimum Gasteiger partial charge on any atom is -0.466 e. The molecule has 4 rings (SSSR count). The number of ether oxygens (including phenoxy) is 2. The van der Waals surface area contributed by atoms with Crippen LogP contribution in [-0.2, 0) is 25.5 Å². The SMILES string of the molecule is CCOC(=O)C(C)c1ccc(-c2ccc(-c3onc(C)c3CC(=O)OC(C)c3ccccc3Cl)cc2)cc1. The molecule has 0 spiro atoms. The maximum atomic E-state index is 12.8. The number of hydrogen-bond acceptors (Lipinski definition) is 6. The molecule has 0 bridgehead atoms. The average molecular weight is 532 g/mol. The lowest BCUT2D eigenvalue weighted by Gasteiger charge is -2.15. The Morgan fingerprint density at radius 3 is 2.16 bits per heavy atom. The summed E-state index contributed by atoms with van der Waals surface area (Å²) in [5.41, 5.74) is 5.82. The molecule has 6 nitrogen and oxygen atoms in total. The number of rotatable bonds is 9. The molecule has 0 N–H and O–H groups in total. The van der Waals surface area contributed by atoms with E-state index in [9.17, 15) is 9.59 Å². The molecule has 1 aromatic heterocycles. The summed E-state index contributed by atoms with van der Waals surface area (Å²) in [4.78, 5) is 24.8. The van der Waals surface area contributed by atoms with Crippen molar-refractivity contribution in [1.29, 1.82) is 0 Å². The van der Waals surface area contributed by atoms with Gasteiger partial charge in [0.1, 0.15) is 6.10 Å². The monoisotopic (exact) mass is 531 g/mol. The Morgan fingerprint density at radius 1 is 0.921 bits per heavy atom. The van der Waals surface area contributed by atoms with E-state index < -0.39 is 12.1 Å². The first-order valence-electron chi connectivity index (χ1n) is 12.5. The number of benzene rings is 3. The largest absolute Gasteiger partial charge is 0.466 e. The van der Waals surface area contributed by atoms with Gasteiger partial charge in [-0.15, -0.1) is 0 Å². The Bertz CT molecular complexity index is 1410. The number of carbonyl (C=O) groups excluding carboxylic acids is 2. The van der Waals surface area contributed by atoms with Crippen LogP contribution in [-0.4, -0.2) is 23.7 Å². The first-order valence-corrected chi connectivity index (χ1v) is 12.9. The smallest absolute Gasteiger partial charge is 0.313 e. The number of esters is 2. The molecule has 2 atom stereocenters. The second-order valence-corrected chi connectivity index (χ2v) is 9.49. The van der Waals surface area contributed by atoms with E-state index in [2.05, 4.69) is 5.16 Å². The maximum Gasteiger partial charge on any atom is 0.313 e. The maximum absolute atomic E-state index is 12.8. The first-order chi connectivity index (χ1) is 18.3. The topological polar surface area (TPSA) is 78.6 Å². The van der Waals surface area contributed by atoms with Crippen molar-refractivity contribution in [1.82, 2.24) is 5.16 Å². The zero-order chi connectivity index (χ0) is 27.2. The predicted molar refractivity (Wildman–Crippen MR) is 147 cm³/mol. The van der Waals surface area contributed by atoms with Gasteiger partial charge in [0.25, 0.3) is 0 Å². The zero-order valence-electron chi connectivity index (χ0n) is 21.9. The third-order valence-corrected chi connectivity index (χ3v) is 6.83. The van der Waals surface area contributed by atoms with Crippen molar-refractivity contribution in [2.24, 2.45) is 0 Å². The highest BCUT2D eigenvalue weighted by Crippen LogP contribution is 2.31. The number of nitrogens with zero attached hydrogens (tertiary/aromatic N) is 1. The molecule has 196 valence electrons. The lowest BCUT2D eigenvalue weighted by Crippen LogP contribution is -2.12. The normalized spacial score (nSPS) is 12.6. The van der Waals surface area contributed by atoms with Crippen molar-refractivity contribution >= 4 is 23.5 Å². The van der Waals surface area contributed by atoms with Crippen LogP contribution >= 0.6 is 11.6 Å². The van der Waals surface area contributed by atoms with Crippen LogP contribution < -0.4 is 0 Å². The van der Waals surface area contributed by atoms with Gasteiger partial charge in [-0.1, -0.05) is 83.5 Å². The molecule has 0 aliphatic heterocycles. The van der Waals surface area contributed by atoms with Gasteiger partial charge in [0, 0.05) is 21.7 Å². The molecule has 0 aliphatic rings. The molecular formula is C31H30ClNO5. The molecule has 1 heterocycles.